The first-order valence-corrected chi connectivity index (χ1v) is 13.5. The maximum absolute atomic E-state index is 12.3. The van der Waals surface area contributed by atoms with Gasteiger partial charge in [0, 0.05) is 40.9 Å². The average molecular weight is 501 g/mol. The van der Waals surface area contributed by atoms with Gasteiger partial charge >= 0.3 is 0 Å². The number of hydrogen-bond acceptors (Lipinski definition) is 7. The number of rotatable bonds is 5. The Morgan fingerprint density at radius 2 is 1.83 bits per heavy atom. The van der Waals surface area contributed by atoms with Crippen molar-refractivity contribution >= 4 is 29.1 Å². The molecule has 1 aromatic carbocycles. The fourth-order valence-corrected chi connectivity index (χ4v) is 6.65. The molecule has 0 aliphatic carbocycles. The van der Waals surface area contributed by atoms with E-state index in [-0.39, 0.29) is 23.9 Å². The zero-order chi connectivity index (χ0) is 24.8. The maximum atomic E-state index is 12.3. The number of aliphatic hydroxyl groups excluding tert-OH is 1. The number of carbonyl (C=O) groups excluding carboxylic acids is 1. The van der Waals surface area contributed by atoms with Crippen LogP contribution < -0.4 is 5.73 Å². The SMILES string of the molecule is CSc1c(C2CC3CCC(C2)N3C(=O)CO)nc2c(-c3ccc(-c4ccccc4)nc3)cnn2c1N. The summed E-state index contributed by atoms with van der Waals surface area (Å²) in [6.07, 6.45) is 9.27. The lowest BCUT2D eigenvalue weighted by molar-refractivity contribution is -0.138. The molecule has 0 spiro atoms. The lowest BCUT2D eigenvalue weighted by atomic mass is 9.87. The third-order valence-electron chi connectivity index (χ3n) is 7.55. The van der Waals surface area contributed by atoms with Gasteiger partial charge in [-0.2, -0.15) is 9.61 Å². The molecule has 0 radical (unpaired) electrons. The van der Waals surface area contributed by atoms with Gasteiger partial charge in [-0.15, -0.1) is 11.8 Å². The van der Waals surface area contributed by atoms with E-state index >= 15 is 0 Å². The van der Waals surface area contributed by atoms with Crippen molar-refractivity contribution in [2.45, 2.75) is 48.6 Å². The summed E-state index contributed by atoms with van der Waals surface area (Å²) in [6, 6.07) is 14.4. The summed E-state index contributed by atoms with van der Waals surface area (Å²) in [7, 11) is 0. The molecule has 6 rings (SSSR count). The van der Waals surface area contributed by atoms with Gasteiger partial charge in [-0.3, -0.25) is 9.78 Å². The van der Waals surface area contributed by atoms with E-state index in [9.17, 15) is 9.90 Å². The van der Waals surface area contributed by atoms with E-state index in [0.29, 0.717) is 5.82 Å². The number of amides is 1. The van der Waals surface area contributed by atoms with Crippen molar-refractivity contribution in [2.24, 2.45) is 0 Å². The quantitative estimate of drug-likeness (QED) is 0.399. The molecule has 2 saturated heterocycles. The monoisotopic (exact) mass is 500 g/mol. The molecule has 2 bridgehead atoms. The first kappa shape index (κ1) is 23.0. The highest BCUT2D eigenvalue weighted by Crippen LogP contribution is 2.46. The van der Waals surface area contributed by atoms with E-state index in [0.717, 1.165) is 64.3 Å². The molecule has 2 atom stereocenters. The maximum Gasteiger partial charge on any atom is 0.248 e. The van der Waals surface area contributed by atoms with Crippen LogP contribution in [0.1, 0.15) is 37.3 Å². The number of carbonyl (C=O) groups is 1. The van der Waals surface area contributed by atoms with Gasteiger partial charge in [0.2, 0.25) is 5.91 Å². The standard InChI is InChI=1S/C27H28N6O2S/c1-36-25-24(18-11-19-8-9-20(12-18)32(19)23(35)15-34)31-27-21(14-30-33(27)26(25)28)17-7-10-22(29-13-17)16-5-3-2-4-6-16/h2-7,10,13-14,18-20,34H,8-9,11-12,15,28H2,1H3. The number of fused-ring (bicyclic) bond motifs is 3. The molecule has 3 aromatic heterocycles. The van der Waals surface area contributed by atoms with Crippen molar-refractivity contribution in [3.8, 4) is 22.4 Å². The zero-order valence-electron chi connectivity index (χ0n) is 20.0. The largest absolute Gasteiger partial charge is 0.387 e. The summed E-state index contributed by atoms with van der Waals surface area (Å²) in [5.41, 5.74) is 12.1. The van der Waals surface area contributed by atoms with E-state index in [2.05, 4.69) is 10.1 Å². The van der Waals surface area contributed by atoms with E-state index in [1.807, 2.05) is 59.8 Å². The molecular formula is C27H28N6O2S. The van der Waals surface area contributed by atoms with Crippen LogP contribution in [0.2, 0.25) is 0 Å². The first-order chi connectivity index (χ1) is 17.6. The average Bonchev–Trinajstić information content (AvgIpc) is 3.47. The number of aromatic nitrogens is 4. The van der Waals surface area contributed by atoms with Crippen molar-refractivity contribution in [3.63, 3.8) is 0 Å². The van der Waals surface area contributed by atoms with Gasteiger partial charge in [0.15, 0.2) is 5.65 Å². The van der Waals surface area contributed by atoms with Crippen LogP contribution in [0, 0.1) is 0 Å². The molecule has 3 N–H and O–H groups in total. The van der Waals surface area contributed by atoms with Crippen molar-refractivity contribution in [2.75, 3.05) is 18.6 Å². The predicted octanol–water partition coefficient (Wildman–Crippen LogP) is 3.99. The number of thioether (sulfide) groups is 1. The van der Waals surface area contributed by atoms with Gasteiger partial charge < -0.3 is 15.7 Å². The molecule has 2 fully saturated rings. The minimum atomic E-state index is -0.429. The number of anilines is 1. The Kier molecular flexibility index (Phi) is 5.89. The molecule has 2 unspecified atom stereocenters. The number of nitrogen functional groups attached to an aromatic ring is 1. The Balaban J connectivity index is 1.38. The summed E-state index contributed by atoms with van der Waals surface area (Å²) in [5.74, 6) is 0.614. The van der Waals surface area contributed by atoms with Gasteiger partial charge in [0.05, 0.1) is 22.5 Å². The van der Waals surface area contributed by atoms with Crippen LogP contribution >= 0.6 is 11.8 Å². The van der Waals surface area contributed by atoms with Crippen LogP contribution in [0.25, 0.3) is 28.0 Å². The lowest BCUT2D eigenvalue weighted by Crippen LogP contribution is -2.47. The topological polar surface area (TPSA) is 110 Å². The summed E-state index contributed by atoms with van der Waals surface area (Å²) < 4.78 is 1.72. The zero-order valence-corrected chi connectivity index (χ0v) is 20.9. The van der Waals surface area contributed by atoms with Crippen molar-refractivity contribution in [1.29, 1.82) is 0 Å². The molecule has 36 heavy (non-hydrogen) atoms. The Hall–Kier alpha value is -3.43. The van der Waals surface area contributed by atoms with Crippen molar-refractivity contribution in [3.05, 3.63) is 60.6 Å². The van der Waals surface area contributed by atoms with Gasteiger partial charge in [-0.25, -0.2) is 4.98 Å². The van der Waals surface area contributed by atoms with Crippen molar-refractivity contribution in [1.82, 2.24) is 24.5 Å². The Morgan fingerprint density at radius 3 is 2.47 bits per heavy atom. The molecule has 9 heteroatoms. The Labute approximate surface area is 213 Å². The molecule has 1 amide bonds. The molecule has 0 saturated carbocycles. The number of pyridine rings is 1. The minimum absolute atomic E-state index is 0.140. The molecule has 2 aliphatic rings. The second-order valence-corrected chi connectivity index (χ2v) is 10.3. The number of hydrogen-bond donors (Lipinski definition) is 2. The molecule has 2 aliphatic heterocycles. The lowest BCUT2D eigenvalue weighted by Gasteiger charge is -2.39. The highest BCUT2D eigenvalue weighted by atomic mass is 32.2. The van der Waals surface area contributed by atoms with Gasteiger partial charge in [-0.1, -0.05) is 36.4 Å². The van der Waals surface area contributed by atoms with Gasteiger partial charge in [-0.05, 0) is 38.0 Å². The van der Waals surface area contributed by atoms with Crippen molar-refractivity contribution < 1.29 is 9.90 Å². The van der Waals surface area contributed by atoms with E-state index in [1.165, 1.54) is 0 Å². The van der Waals surface area contributed by atoms with Crippen LogP contribution in [-0.4, -0.2) is 60.4 Å². The van der Waals surface area contributed by atoms with Gasteiger partial charge in [0.1, 0.15) is 12.4 Å². The number of nitrogens with zero attached hydrogens (tertiary/aromatic N) is 5. The fourth-order valence-electron chi connectivity index (χ4n) is 5.93. The summed E-state index contributed by atoms with van der Waals surface area (Å²) in [6.45, 7) is -0.429. The normalized spacial score (nSPS) is 21.3. The Morgan fingerprint density at radius 1 is 1.08 bits per heavy atom. The fraction of sp³-hybridized carbons (Fsp3) is 0.333. The molecule has 8 nitrogen and oxygen atoms in total. The van der Waals surface area contributed by atoms with E-state index < -0.39 is 6.61 Å². The van der Waals surface area contributed by atoms with E-state index in [4.69, 9.17) is 10.7 Å². The van der Waals surface area contributed by atoms with Crippen LogP contribution in [0.3, 0.4) is 0 Å². The number of benzene rings is 1. The minimum Gasteiger partial charge on any atom is -0.387 e. The van der Waals surface area contributed by atoms with Crippen LogP contribution in [0.4, 0.5) is 5.82 Å². The van der Waals surface area contributed by atoms with E-state index in [1.54, 1.807) is 22.5 Å². The predicted molar refractivity (Wildman–Crippen MR) is 141 cm³/mol. The summed E-state index contributed by atoms with van der Waals surface area (Å²) in [4.78, 5) is 25.0. The van der Waals surface area contributed by atoms with Crippen LogP contribution in [-0.2, 0) is 4.79 Å². The highest BCUT2D eigenvalue weighted by molar-refractivity contribution is 7.98. The smallest absolute Gasteiger partial charge is 0.248 e. The number of aliphatic hydroxyl groups is 1. The second-order valence-electron chi connectivity index (χ2n) is 9.52. The number of piperidine rings is 1. The molecule has 4 aromatic rings. The molecule has 5 heterocycles. The van der Waals surface area contributed by atoms with Crippen LogP contribution in [0.15, 0.2) is 59.8 Å². The number of nitrogens with two attached hydrogens (primary N) is 1. The van der Waals surface area contributed by atoms with Gasteiger partial charge in [0.25, 0.3) is 0 Å². The third kappa shape index (κ3) is 3.74. The Bertz CT molecular complexity index is 1410. The molecular weight excluding hydrogens is 472 g/mol. The summed E-state index contributed by atoms with van der Waals surface area (Å²) in [5, 5.41) is 14.0. The molecule has 184 valence electrons. The third-order valence-corrected chi connectivity index (χ3v) is 8.38. The van der Waals surface area contributed by atoms with Crippen LogP contribution in [0.5, 0.6) is 0 Å². The highest BCUT2D eigenvalue weighted by Gasteiger charge is 2.44. The second kappa shape index (κ2) is 9.22. The summed E-state index contributed by atoms with van der Waals surface area (Å²) >= 11 is 1.59. The first-order valence-electron chi connectivity index (χ1n) is 12.2.